The van der Waals surface area contributed by atoms with Crippen LogP contribution in [0.4, 0.5) is 11.4 Å². The lowest BCUT2D eigenvalue weighted by molar-refractivity contribution is -0.385. The number of nitro benzene ring substituents is 1. The molecule has 1 aromatic rings. The third-order valence-corrected chi connectivity index (χ3v) is 4.56. The van der Waals surface area contributed by atoms with Crippen molar-refractivity contribution in [1.29, 1.82) is 0 Å². The molecule has 0 saturated carbocycles. The van der Waals surface area contributed by atoms with Crippen molar-refractivity contribution < 1.29 is 18.1 Å². The minimum absolute atomic E-state index is 0.0837. The number of nitrogens with zero attached hydrogens (tertiary/aromatic N) is 2. The Morgan fingerprint density at radius 2 is 2.10 bits per heavy atom. The molecule has 2 rings (SSSR count). The summed E-state index contributed by atoms with van der Waals surface area (Å²) < 4.78 is 22.6. The lowest BCUT2D eigenvalue weighted by atomic mass is 10.1. The van der Waals surface area contributed by atoms with Gasteiger partial charge in [-0.2, -0.15) is 0 Å². The van der Waals surface area contributed by atoms with Crippen LogP contribution in [0, 0.1) is 17.0 Å². The van der Waals surface area contributed by atoms with E-state index in [1.54, 1.807) is 6.07 Å². The van der Waals surface area contributed by atoms with Crippen molar-refractivity contribution >= 4 is 27.3 Å². The monoisotopic (exact) mass is 299 g/mol. The van der Waals surface area contributed by atoms with Crippen molar-refractivity contribution in [3.05, 3.63) is 33.9 Å². The number of hydrogen-bond donors (Lipinski definition) is 1. The number of primary sulfonamides is 1. The van der Waals surface area contributed by atoms with Crippen molar-refractivity contribution in [3.63, 3.8) is 0 Å². The zero-order valence-electron chi connectivity index (χ0n) is 10.6. The molecule has 1 aromatic carbocycles. The Morgan fingerprint density at radius 1 is 1.45 bits per heavy atom. The van der Waals surface area contributed by atoms with Gasteiger partial charge in [-0.15, -0.1) is 0 Å². The summed E-state index contributed by atoms with van der Waals surface area (Å²) in [5, 5.41) is 14.9. The summed E-state index contributed by atoms with van der Waals surface area (Å²) in [7, 11) is -3.81. The van der Waals surface area contributed by atoms with Crippen LogP contribution in [0.1, 0.15) is 12.0 Å². The molecule has 1 atom stereocenters. The molecule has 0 aromatic heterocycles. The van der Waals surface area contributed by atoms with Gasteiger partial charge in [-0.1, -0.05) is 6.07 Å². The number of benzene rings is 1. The minimum Gasteiger partial charge on any atom is -0.310 e. The first-order chi connectivity index (χ1) is 9.21. The summed E-state index contributed by atoms with van der Waals surface area (Å²) in [6, 6.07) is 4.33. The molecular formula is C11H13N3O5S. The number of hydrogen-bond acceptors (Lipinski definition) is 5. The largest absolute Gasteiger partial charge is 0.310 e. The zero-order chi connectivity index (χ0) is 15.1. The third kappa shape index (κ3) is 2.49. The van der Waals surface area contributed by atoms with Gasteiger partial charge in [0.05, 0.1) is 16.2 Å². The first-order valence-electron chi connectivity index (χ1n) is 5.78. The highest BCUT2D eigenvalue weighted by Crippen LogP contribution is 2.31. The molecule has 108 valence electrons. The highest BCUT2D eigenvalue weighted by atomic mass is 32.2. The molecule has 20 heavy (non-hydrogen) atoms. The maximum absolute atomic E-state index is 11.9. The van der Waals surface area contributed by atoms with Gasteiger partial charge in [0.25, 0.3) is 5.69 Å². The molecule has 1 heterocycles. The van der Waals surface area contributed by atoms with E-state index in [0.717, 1.165) is 0 Å². The van der Waals surface area contributed by atoms with E-state index in [1.807, 2.05) is 0 Å². The Balaban J connectivity index is 2.41. The fourth-order valence-electron chi connectivity index (χ4n) is 2.23. The predicted octanol–water partition coefficient (Wildman–Crippen LogP) is 0.297. The van der Waals surface area contributed by atoms with E-state index in [9.17, 15) is 23.3 Å². The molecule has 2 N–H and O–H groups in total. The van der Waals surface area contributed by atoms with Gasteiger partial charge in [0.15, 0.2) is 0 Å². The van der Waals surface area contributed by atoms with E-state index < -0.39 is 26.1 Å². The average molecular weight is 299 g/mol. The van der Waals surface area contributed by atoms with Crippen LogP contribution in [0.3, 0.4) is 0 Å². The molecule has 0 aliphatic carbocycles. The Morgan fingerprint density at radius 3 is 2.60 bits per heavy atom. The van der Waals surface area contributed by atoms with Crippen LogP contribution in [0.5, 0.6) is 0 Å². The number of nitro groups is 1. The quantitative estimate of drug-likeness (QED) is 0.635. The molecule has 1 unspecified atom stereocenters. The van der Waals surface area contributed by atoms with Gasteiger partial charge in [0.1, 0.15) is 5.25 Å². The summed E-state index contributed by atoms with van der Waals surface area (Å²) >= 11 is 0. The highest BCUT2D eigenvalue weighted by Gasteiger charge is 2.38. The summed E-state index contributed by atoms with van der Waals surface area (Å²) in [5.41, 5.74) is 0.547. The van der Waals surface area contributed by atoms with E-state index >= 15 is 0 Å². The van der Waals surface area contributed by atoms with Gasteiger partial charge in [-0.25, -0.2) is 13.6 Å². The van der Waals surface area contributed by atoms with Gasteiger partial charge in [0.2, 0.25) is 15.9 Å². The second-order valence-electron chi connectivity index (χ2n) is 4.60. The summed E-state index contributed by atoms with van der Waals surface area (Å²) in [6.45, 7) is 1.44. The third-order valence-electron chi connectivity index (χ3n) is 3.32. The normalized spacial score (nSPS) is 19.4. The van der Waals surface area contributed by atoms with Crippen molar-refractivity contribution in [2.75, 3.05) is 11.4 Å². The molecular weight excluding hydrogens is 286 g/mol. The molecule has 8 nitrogen and oxygen atoms in total. The number of amides is 1. The van der Waals surface area contributed by atoms with E-state index in [4.69, 9.17) is 5.14 Å². The van der Waals surface area contributed by atoms with Crippen molar-refractivity contribution in [3.8, 4) is 0 Å². The predicted molar refractivity (Wildman–Crippen MR) is 71.7 cm³/mol. The van der Waals surface area contributed by atoms with E-state index in [0.29, 0.717) is 11.3 Å². The maximum atomic E-state index is 11.9. The van der Waals surface area contributed by atoms with Crippen LogP contribution in [0.15, 0.2) is 18.2 Å². The molecule has 0 bridgehead atoms. The number of carbonyl (C=O) groups excluding carboxylic acids is 1. The Kier molecular flexibility index (Phi) is 3.48. The van der Waals surface area contributed by atoms with E-state index in [-0.39, 0.29) is 18.7 Å². The molecule has 9 heteroatoms. The second-order valence-corrected chi connectivity index (χ2v) is 6.44. The molecule has 1 aliphatic rings. The smallest absolute Gasteiger partial charge is 0.274 e. The maximum Gasteiger partial charge on any atom is 0.274 e. The summed E-state index contributed by atoms with van der Waals surface area (Å²) in [4.78, 5) is 23.5. The van der Waals surface area contributed by atoms with Gasteiger partial charge in [0, 0.05) is 19.0 Å². The van der Waals surface area contributed by atoms with E-state index in [2.05, 4.69) is 0 Å². The molecule has 0 radical (unpaired) electrons. The van der Waals surface area contributed by atoms with Crippen LogP contribution in [-0.4, -0.2) is 31.0 Å². The van der Waals surface area contributed by atoms with Crippen molar-refractivity contribution in [1.82, 2.24) is 0 Å². The Bertz CT molecular complexity index is 685. The van der Waals surface area contributed by atoms with Crippen LogP contribution < -0.4 is 10.0 Å². The number of carbonyl (C=O) groups is 1. The Hall–Kier alpha value is -2.00. The summed E-state index contributed by atoms with van der Waals surface area (Å²) in [6.07, 6.45) is -0.207. The SMILES string of the molecule is Cc1c(N2CC(S(N)(=O)=O)CC2=O)cccc1[N+](=O)[O-]. The summed E-state index contributed by atoms with van der Waals surface area (Å²) in [5.74, 6) is -0.410. The molecule has 0 spiro atoms. The molecule has 1 aliphatic heterocycles. The number of sulfonamides is 1. The van der Waals surface area contributed by atoms with Crippen molar-refractivity contribution in [2.45, 2.75) is 18.6 Å². The molecule has 1 saturated heterocycles. The van der Waals surface area contributed by atoms with Gasteiger partial charge < -0.3 is 4.90 Å². The topological polar surface area (TPSA) is 124 Å². The van der Waals surface area contributed by atoms with Gasteiger partial charge >= 0.3 is 0 Å². The highest BCUT2D eigenvalue weighted by molar-refractivity contribution is 7.89. The second kappa shape index (κ2) is 4.84. The fourth-order valence-corrected chi connectivity index (χ4v) is 2.96. The van der Waals surface area contributed by atoms with Crippen LogP contribution in [-0.2, 0) is 14.8 Å². The van der Waals surface area contributed by atoms with E-state index in [1.165, 1.54) is 24.0 Å². The number of nitrogens with two attached hydrogens (primary N) is 1. The first-order valence-corrected chi connectivity index (χ1v) is 7.38. The average Bonchev–Trinajstić information content (AvgIpc) is 2.71. The molecule has 1 fully saturated rings. The number of anilines is 1. The number of rotatable bonds is 3. The van der Waals surface area contributed by atoms with Crippen LogP contribution >= 0.6 is 0 Å². The van der Waals surface area contributed by atoms with Crippen molar-refractivity contribution in [2.24, 2.45) is 5.14 Å². The van der Waals surface area contributed by atoms with Gasteiger partial charge in [-0.3, -0.25) is 14.9 Å². The van der Waals surface area contributed by atoms with Crippen LogP contribution in [0.2, 0.25) is 0 Å². The van der Waals surface area contributed by atoms with Crippen LogP contribution in [0.25, 0.3) is 0 Å². The lowest BCUT2D eigenvalue weighted by Gasteiger charge is -2.18. The first kappa shape index (κ1) is 14.4. The molecule has 1 amide bonds. The van der Waals surface area contributed by atoms with Gasteiger partial charge in [-0.05, 0) is 13.0 Å². The minimum atomic E-state index is -3.81. The zero-order valence-corrected chi connectivity index (χ0v) is 11.5. The fraction of sp³-hybridized carbons (Fsp3) is 0.364. The lowest BCUT2D eigenvalue weighted by Crippen LogP contribution is -2.32. The Labute approximate surface area is 115 Å². The standard InChI is InChI=1S/C11H13N3O5S/c1-7-9(3-2-4-10(7)14(16)17)13-6-8(5-11(13)15)20(12,18)19/h2-4,8H,5-6H2,1H3,(H2,12,18,19).